The lowest BCUT2D eigenvalue weighted by molar-refractivity contribution is 0.591. The zero-order valence-electron chi connectivity index (χ0n) is 10.7. The number of nitrogen functional groups attached to an aromatic ring is 1. The van der Waals surface area contributed by atoms with Gasteiger partial charge in [0, 0.05) is 12.6 Å². The molecule has 0 aliphatic heterocycles. The molecule has 0 bridgehead atoms. The highest BCUT2D eigenvalue weighted by atomic mass is 15.4. The number of aromatic nitrogens is 3. The van der Waals surface area contributed by atoms with Crippen molar-refractivity contribution in [3.63, 3.8) is 0 Å². The first-order valence-electron chi connectivity index (χ1n) is 5.66. The van der Waals surface area contributed by atoms with Gasteiger partial charge in [-0.25, -0.2) is 4.68 Å². The summed E-state index contributed by atoms with van der Waals surface area (Å²) in [5.41, 5.74) is 8.06. The molecule has 0 amide bonds. The maximum Gasteiger partial charge on any atom is 0.218 e. The monoisotopic (exact) mass is 230 g/mol. The minimum Gasteiger partial charge on any atom is -0.368 e. The zero-order valence-corrected chi connectivity index (χ0v) is 10.7. The molecule has 0 aliphatic carbocycles. The zero-order chi connectivity index (χ0) is 12.6. The minimum atomic E-state index is 0.0601. The third kappa shape index (κ3) is 2.16. The first kappa shape index (κ1) is 11.6. The lowest BCUT2D eigenvalue weighted by atomic mass is 9.83. The standard InChI is InChI=1S/C13H18N4/c1-13(2,3)10-8-6-5-7-9(10)11-15-12(14)17(4)16-11/h5-8H,1-4H3,(H2,14,15,16). The maximum absolute atomic E-state index is 5.73. The van der Waals surface area contributed by atoms with E-state index < -0.39 is 0 Å². The van der Waals surface area contributed by atoms with Crippen LogP contribution in [0.3, 0.4) is 0 Å². The van der Waals surface area contributed by atoms with E-state index >= 15 is 0 Å². The van der Waals surface area contributed by atoms with Crippen LogP contribution in [0.25, 0.3) is 11.4 Å². The summed E-state index contributed by atoms with van der Waals surface area (Å²) in [7, 11) is 1.80. The van der Waals surface area contributed by atoms with Crippen molar-refractivity contribution in [2.45, 2.75) is 26.2 Å². The van der Waals surface area contributed by atoms with Crippen LogP contribution in [-0.2, 0) is 12.5 Å². The van der Waals surface area contributed by atoms with E-state index in [-0.39, 0.29) is 5.41 Å². The van der Waals surface area contributed by atoms with E-state index in [0.717, 1.165) is 5.56 Å². The van der Waals surface area contributed by atoms with E-state index in [1.807, 2.05) is 18.2 Å². The molecule has 0 spiro atoms. The molecule has 4 heteroatoms. The number of nitrogens with two attached hydrogens (primary N) is 1. The molecular formula is C13H18N4. The van der Waals surface area contributed by atoms with Crippen molar-refractivity contribution < 1.29 is 0 Å². The number of hydrogen-bond donors (Lipinski definition) is 1. The van der Waals surface area contributed by atoms with Gasteiger partial charge in [0.1, 0.15) is 0 Å². The van der Waals surface area contributed by atoms with Crippen LogP contribution in [0.5, 0.6) is 0 Å². The third-order valence-corrected chi connectivity index (χ3v) is 2.77. The van der Waals surface area contributed by atoms with Gasteiger partial charge in [-0.2, -0.15) is 4.98 Å². The number of anilines is 1. The van der Waals surface area contributed by atoms with Crippen molar-refractivity contribution in [3.05, 3.63) is 29.8 Å². The summed E-state index contributed by atoms with van der Waals surface area (Å²) in [6.07, 6.45) is 0. The first-order chi connectivity index (χ1) is 7.89. The Balaban J connectivity index is 2.60. The Morgan fingerprint density at radius 2 is 1.82 bits per heavy atom. The van der Waals surface area contributed by atoms with Gasteiger partial charge in [0.2, 0.25) is 5.95 Å². The summed E-state index contributed by atoms with van der Waals surface area (Å²) in [6, 6.07) is 8.19. The summed E-state index contributed by atoms with van der Waals surface area (Å²) in [6.45, 7) is 6.54. The van der Waals surface area contributed by atoms with E-state index in [0.29, 0.717) is 11.8 Å². The smallest absolute Gasteiger partial charge is 0.218 e. The summed E-state index contributed by atoms with van der Waals surface area (Å²) in [5, 5.41) is 4.34. The van der Waals surface area contributed by atoms with Gasteiger partial charge in [-0.1, -0.05) is 45.0 Å². The van der Waals surface area contributed by atoms with Crippen molar-refractivity contribution in [1.29, 1.82) is 0 Å². The van der Waals surface area contributed by atoms with Crippen LogP contribution in [-0.4, -0.2) is 14.8 Å². The van der Waals surface area contributed by atoms with E-state index in [4.69, 9.17) is 5.73 Å². The normalized spacial score (nSPS) is 11.8. The lowest BCUT2D eigenvalue weighted by Gasteiger charge is -2.21. The summed E-state index contributed by atoms with van der Waals surface area (Å²) < 4.78 is 1.59. The predicted octanol–water partition coefficient (Wildman–Crippen LogP) is 2.36. The van der Waals surface area contributed by atoms with Crippen molar-refractivity contribution in [2.75, 3.05) is 5.73 Å². The molecule has 1 aromatic heterocycles. The van der Waals surface area contributed by atoms with Crippen LogP contribution in [0.1, 0.15) is 26.3 Å². The van der Waals surface area contributed by atoms with Gasteiger partial charge in [0.15, 0.2) is 5.82 Å². The summed E-state index contributed by atoms with van der Waals surface area (Å²) in [4.78, 5) is 4.28. The Kier molecular flexibility index (Phi) is 2.65. The Labute approximate surface area is 101 Å². The van der Waals surface area contributed by atoms with E-state index in [1.165, 1.54) is 5.56 Å². The molecule has 0 saturated heterocycles. The Morgan fingerprint density at radius 1 is 1.18 bits per heavy atom. The second kappa shape index (κ2) is 3.87. The molecule has 0 saturated carbocycles. The SMILES string of the molecule is Cn1nc(-c2ccccc2C(C)(C)C)nc1N. The fourth-order valence-corrected chi connectivity index (χ4v) is 1.84. The van der Waals surface area contributed by atoms with Crippen LogP contribution in [0, 0.1) is 0 Å². The van der Waals surface area contributed by atoms with Gasteiger partial charge >= 0.3 is 0 Å². The van der Waals surface area contributed by atoms with Crippen LogP contribution in [0.4, 0.5) is 5.95 Å². The van der Waals surface area contributed by atoms with Crippen molar-refractivity contribution in [2.24, 2.45) is 7.05 Å². The Bertz CT molecular complexity index is 515. The van der Waals surface area contributed by atoms with E-state index in [9.17, 15) is 0 Å². The van der Waals surface area contributed by atoms with Gasteiger partial charge in [0.05, 0.1) is 0 Å². The van der Waals surface area contributed by atoms with Gasteiger partial charge < -0.3 is 5.73 Å². The number of nitrogens with zero attached hydrogens (tertiary/aromatic N) is 3. The molecule has 2 rings (SSSR count). The second-order valence-electron chi connectivity index (χ2n) is 5.21. The molecule has 17 heavy (non-hydrogen) atoms. The largest absolute Gasteiger partial charge is 0.368 e. The molecule has 90 valence electrons. The fraction of sp³-hybridized carbons (Fsp3) is 0.385. The minimum absolute atomic E-state index is 0.0601. The maximum atomic E-state index is 5.73. The lowest BCUT2D eigenvalue weighted by Crippen LogP contribution is -2.12. The molecule has 2 aromatic rings. The van der Waals surface area contributed by atoms with Gasteiger partial charge in [-0.05, 0) is 11.0 Å². The molecule has 0 unspecified atom stereocenters. The molecule has 4 nitrogen and oxygen atoms in total. The van der Waals surface area contributed by atoms with E-state index in [2.05, 4.69) is 36.9 Å². The number of benzene rings is 1. The highest BCUT2D eigenvalue weighted by Gasteiger charge is 2.20. The second-order valence-corrected chi connectivity index (χ2v) is 5.21. The molecule has 2 N–H and O–H groups in total. The number of aryl methyl sites for hydroxylation is 1. The topological polar surface area (TPSA) is 56.7 Å². The van der Waals surface area contributed by atoms with Crippen LogP contribution in [0.15, 0.2) is 24.3 Å². The molecule has 1 aromatic carbocycles. The molecule has 0 atom stereocenters. The van der Waals surface area contributed by atoms with Crippen molar-refractivity contribution >= 4 is 5.95 Å². The summed E-state index contributed by atoms with van der Waals surface area (Å²) >= 11 is 0. The highest BCUT2D eigenvalue weighted by Crippen LogP contribution is 2.31. The average molecular weight is 230 g/mol. The quantitative estimate of drug-likeness (QED) is 0.818. The third-order valence-electron chi connectivity index (χ3n) is 2.77. The average Bonchev–Trinajstić information content (AvgIpc) is 2.58. The first-order valence-corrected chi connectivity index (χ1v) is 5.66. The van der Waals surface area contributed by atoms with Crippen molar-refractivity contribution in [3.8, 4) is 11.4 Å². The molecule has 0 radical (unpaired) electrons. The van der Waals surface area contributed by atoms with Gasteiger partial charge in [-0.3, -0.25) is 0 Å². The van der Waals surface area contributed by atoms with Crippen LogP contribution < -0.4 is 5.73 Å². The number of hydrogen-bond acceptors (Lipinski definition) is 3. The Hall–Kier alpha value is -1.84. The van der Waals surface area contributed by atoms with Gasteiger partial charge in [0.25, 0.3) is 0 Å². The molecular weight excluding hydrogens is 212 g/mol. The van der Waals surface area contributed by atoms with E-state index in [1.54, 1.807) is 11.7 Å². The fourth-order valence-electron chi connectivity index (χ4n) is 1.84. The molecule has 1 heterocycles. The van der Waals surface area contributed by atoms with Crippen LogP contribution >= 0.6 is 0 Å². The highest BCUT2D eigenvalue weighted by molar-refractivity contribution is 5.62. The summed E-state index contributed by atoms with van der Waals surface area (Å²) in [5.74, 6) is 1.12. The molecule has 0 aliphatic rings. The Morgan fingerprint density at radius 3 is 2.35 bits per heavy atom. The van der Waals surface area contributed by atoms with Gasteiger partial charge in [-0.15, -0.1) is 5.10 Å². The predicted molar refractivity (Wildman–Crippen MR) is 69.6 cm³/mol. The van der Waals surface area contributed by atoms with Crippen LogP contribution in [0.2, 0.25) is 0 Å². The molecule has 0 fully saturated rings. The van der Waals surface area contributed by atoms with Crippen molar-refractivity contribution in [1.82, 2.24) is 14.8 Å². The number of rotatable bonds is 1.